The number of guanidine groups is 1. The zero-order valence-electron chi connectivity index (χ0n) is 17.4. The molecule has 8 heteroatoms. The van der Waals surface area contributed by atoms with Gasteiger partial charge in [0.2, 0.25) is 0 Å². The molecule has 2 atom stereocenters. The largest absolute Gasteiger partial charge is 0.379 e. The van der Waals surface area contributed by atoms with E-state index in [1.807, 2.05) is 7.05 Å². The van der Waals surface area contributed by atoms with Gasteiger partial charge in [0.15, 0.2) is 5.96 Å². The molecule has 0 bridgehead atoms. The second-order valence-corrected chi connectivity index (χ2v) is 7.65. The third kappa shape index (κ3) is 10.8. The van der Waals surface area contributed by atoms with Gasteiger partial charge in [0.25, 0.3) is 0 Å². The molecule has 27 heavy (non-hydrogen) atoms. The van der Waals surface area contributed by atoms with Crippen molar-refractivity contribution < 1.29 is 9.47 Å². The Bertz CT molecular complexity index is 400. The lowest BCUT2D eigenvalue weighted by atomic mass is 10.1. The van der Waals surface area contributed by atoms with E-state index in [1.54, 1.807) is 0 Å². The molecule has 0 aromatic carbocycles. The quantitative estimate of drug-likeness (QED) is 0.205. The van der Waals surface area contributed by atoms with Crippen LogP contribution < -0.4 is 10.6 Å². The molecule has 0 radical (unpaired) electrons. The molecule has 0 spiro atoms. The van der Waals surface area contributed by atoms with Crippen LogP contribution in [0.2, 0.25) is 0 Å². The average Bonchev–Trinajstić information content (AvgIpc) is 3.16. The van der Waals surface area contributed by atoms with Crippen LogP contribution in [0.1, 0.15) is 26.2 Å². The second kappa shape index (κ2) is 14.8. The molecule has 2 saturated heterocycles. The summed E-state index contributed by atoms with van der Waals surface area (Å²) in [6.45, 7) is 12.4. The summed E-state index contributed by atoms with van der Waals surface area (Å²) in [5, 5.41) is 6.81. The van der Waals surface area contributed by atoms with Crippen molar-refractivity contribution in [3.8, 4) is 0 Å². The number of likely N-dealkylation sites (N-methyl/N-ethyl adjacent to an activating group) is 1. The smallest absolute Gasteiger partial charge is 0.190 e. The number of aliphatic imine (C=N–C) groups is 1. The highest BCUT2D eigenvalue weighted by molar-refractivity contribution is 14.0. The van der Waals surface area contributed by atoms with Gasteiger partial charge in [-0.15, -0.1) is 24.0 Å². The van der Waals surface area contributed by atoms with Crippen molar-refractivity contribution in [1.82, 2.24) is 20.4 Å². The zero-order chi connectivity index (χ0) is 18.6. The molecular weight excluding hydrogens is 457 g/mol. The Morgan fingerprint density at radius 3 is 2.70 bits per heavy atom. The van der Waals surface area contributed by atoms with Gasteiger partial charge in [-0.3, -0.25) is 4.99 Å². The molecular formula is C19H40IN5O2. The first kappa shape index (κ1) is 24.9. The van der Waals surface area contributed by atoms with Crippen LogP contribution in [0.4, 0.5) is 0 Å². The fourth-order valence-electron chi connectivity index (χ4n) is 3.40. The summed E-state index contributed by atoms with van der Waals surface area (Å²) in [7, 11) is 4.03. The topological polar surface area (TPSA) is 61.4 Å². The molecule has 2 N–H and O–H groups in total. The second-order valence-electron chi connectivity index (χ2n) is 7.65. The first-order valence-electron chi connectivity index (χ1n) is 10.2. The van der Waals surface area contributed by atoms with Crippen molar-refractivity contribution in [2.75, 3.05) is 79.7 Å². The summed E-state index contributed by atoms with van der Waals surface area (Å²) in [6, 6.07) is 0. The van der Waals surface area contributed by atoms with Crippen LogP contribution in [-0.4, -0.2) is 102 Å². The summed E-state index contributed by atoms with van der Waals surface area (Å²) in [5.41, 5.74) is 0. The Hall–Kier alpha value is -0.160. The third-order valence-corrected chi connectivity index (χ3v) is 5.09. The highest BCUT2D eigenvalue weighted by atomic mass is 127. The van der Waals surface area contributed by atoms with Gasteiger partial charge in [0, 0.05) is 66.1 Å². The van der Waals surface area contributed by atoms with Crippen LogP contribution in [-0.2, 0) is 9.47 Å². The van der Waals surface area contributed by atoms with Crippen molar-refractivity contribution >= 4 is 29.9 Å². The maximum Gasteiger partial charge on any atom is 0.190 e. The highest BCUT2D eigenvalue weighted by Crippen LogP contribution is 2.11. The molecule has 2 heterocycles. The van der Waals surface area contributed by atoms with Crippen molar-refractivity contribution in [2.24, 2.45) is 10.9 Å². The van der Waals surface area contributed by atoms with E-state index >= 15 is 0 Å². The number of nitrogens with one attached hydrogen (secondary N) is 2. The number of piperazine rings is 1. The molecule has 2 fully saturated rings. The molecule has 2 unspecified atom stereocenters. The number of ether oxygens (including phenoxy) is 2. The van der Waals surface area contributed by atoms with Gasteiger partial charge in [-0.05, 0) is 32.2 Å². The molecule has 160 valence electrons. The fourth-order valence-corrected chi connectivity index (χ4v) is 3.40. The predicted molar refractivity (Wildman–Crippen MR) is 122 cm³/mol. The van der Waals surface area contributed by atoms with Crippen molar-refractivity contribution in [2.45, 2.75) is 32.3 Å². The standard InChI is InChI=1S/C19H39N5O2.HI/c1-17(15-24-10-8-23(3)9-11-24)14-22-19(20-2)21-7-5-12-25-16-18-6-4-13-26-18;/h17-18H,4-16H2,1-3H3,(H2,20,21,22);1H. The summed E-state index contributed by atoms with van der Waals surface area (Å²) in [4.78, 5) is 9.27. The maximum atomic E-state index is 5.69. The van der Waals surface area contributed by atoms with Gasteiger partial charge in [0.1, 0.15) is 0 Å². The van der Waals surface area contributed by atoms with Crippen LogP contribution in [0.3, 0.4) is 0 Å². The minimum atomic E-state index is 0. The molecule has 0 aliphatic carbocycles. The molecule has 2 rings (SSSR count). The van der Waals surface area contributed by atoms with Gasteiger partial charge in [-0.25, -0.2) is 0 Å². The van der Waals surface area contributed by atoms with Gasteiger partial charge >= 0.3 is 0 Å². The lowest BCUT2D eigenvalue weighted by Gasteiger charge is -2.34. The van der Waals surface area contributed by atoms with Crippen LogP contribution in [0.15, 0.2) is 4.99 Å². The van der Waals surface area contributed by atoms with Gasteiger partial charge in [-0.2, -0.15) is 0 Å². The summed E-state index contributed by atoms with van der Waals surface area (Å²) in [5.74, 6) is 1.49. The number of halogens is 1. The predicted octanol–water partition coefficient (Wildman–Crippen LogP) is 1.24. The Balaban J connectivity index is 0.00000364. The number of rotatable bonds is 10. The van der Waals surface area contributed by atoms with Crippen molar-refractivity contribution in [3.05, 3.63) is 0 Å². The summed E-state index contributed by atoms with van der Waals surface area (Å²) >= 11 is 0. The monoisotopic (exact) mass is 497 g/mol. The van der Waals surface area contributed by atoms with E-state index < -0.39 is 0 Å². The Morgan fingerprint density at radius 1 is 1.26 bits per heavy atom. The van der Waals surface area contributed by atoms with E-state index in [9.17, 15) is 0 Å². The number of hydrogen-bond acceptors (Lipinski definition) is 5. The Kier molecular flexibility index (Phi) is 13.6. The van der Waals surface area contributed by atoms with E-state index in [0.717, 1.165) is 58.3 Å². The number of nitrogens with zero attached hydrogens (tertiary/aromatic N) is 3. The van der Waals surface area contributed by atoms with Crippen LogP contribution in [0, 0.1) is 5.92 Å². The Morgan fingerprint density at radius 2 is 2.04 bits per heavy atom. The minimum absolute atomic E-state index is 0. The minimum Gasteiger partial charge on any atom is -0.379 e. The van der Waals surface area contributed by atoms with E-state index in [1.165, 1.54) is 32.6 Å². The third-order valence-electron chi connectivity index (χ3n) is 5.09. The van der Waals surface area contributed by atoms with Crippen molar-refractivity contribution in [1.29, 1.82) is 0 Å². The molecule has 0 aromatic heterocycles. The molecule has 0 saturated carbocycles. The normalized spacial score (nSPS) is 23.1. The zero-order valence-corrected chi connectivity index (χ0v) is 19.7. The molecule has 7 nitrogen and oxygen atoms in total. The van der Waals surface area contributed by atoms with Crippen LogP contribution in [0.5, 0.6) is 0 Å². The fraction of sp³-hybridized carbons (Fsp3) is 0.947. The van der Waals surface area contributed by atoms with Gasteiger partial charge in [-0.1, -0.05) is 6.92 Å². The van der Waals surface area contributed by atoms with Gasteiger partial charge < -0.3 is 29.9 Å². The summed E-state index contributed by atoms with van der Waals surface area (Å²) in [6.07, 6.45) is 3.61. The van der Waals surface area contributed by atoms with E-state index in [0.29, 0.717) is 12.0 Å². The average molecular weight is 497 g/mol. The molecule has 0 aromatic rings. The first-order chi connectivity index (χ1) is 12.7. The van der Waals surface area contributed by atoms with Crippen LogP contribution in [0.25, 0.3) is 0 Å². The lowest BCUT2D eigenvalue weighted by Crippen LogP contribution is -2.47. The van der Waals surface area contributed by atoms with Crippen molar-refractivity contribution in [3.63, 3.8) is 0 Å². The lowest BCUT2D eigenvalue weighted by molar-refractivity contribution is 0.0168. The maximum absolute atomic E-state index is 5.69. The molecule has 0 amide bonds. The van der Waals surface area contributed by atoms with E-state index in [2.05, 4.69) is 39.4 Å². The van der Waals surface area contributed by atoms with Crippen LogP contribution >= 0.6 is 24.0 Å². The van der Waals surface area contributed by atoms with E-state index in [4.69, 9.17) is 9.47 Å². The Labute approximate surface area is 182 Å². The molecule has 2 aliphatic rings. The first-order valence-corrected chi connectivity index (χ1v) is 10.2. The highest BCUT2D eigenvalue weighted by Gasteiger charge is 2.16. The molecule has 2 aliphatic heterocycles. The SMILES string of the molecule is CN=C(NCCCOCC1CCCO1)NCC(C)CN1CCN(C)CC1.I. The van der Waals surface area contributed by atoms with Gasteiger partial charge in [0.05, 0.1) is 12.7 Å². The van der Waals surface area contributed by atoms with E-state index in [-0.39, 0.29) is 24.0 Å². The number of hydrogen-bond donors (Lipinski definition) is 2. The summed E-state index contributed by atoms with van der Waals surface area (Å²) < 4.78 is 11.2.